The van der Waals surface area contributed by atoms with Crippen molar-refractivity contribution in [3.8, 4) is 0 Å². The lowest BCUT2D eigenvalue weighted by molar-refractivity contribution is -0.355. The number of hydrogen-bond donors (Lipinski definition) is 4. The molecule has 1 heterocycles. The van der Waals surface area contributed by atoms with Gasteiger partial charge in [-0.05, 0) is 27.7 Å². The van der Waals surface area contributed by atoms with Gasteiger partial charge in [0.1, 0.15) is 28.5 Å². The molecule has 0 aromatic heterocycles. The largest absolute Gasteiger partial charge is 0.382 e. The van der Waals surface area contributed by atoms with Gasteiger partial charge in [-0.2, -0.15) is 0 Å². The fourth-order valence-electron chi connectivity index (χ4n) is 3.01. The maximum atomic E-state index is 12.2. The molecule has 25 heavy (non-hydrogen) atoms. The number of ether oxygens (including phenoxy) is 1. The Morgan fingerprint density at radius 2 is 1.40 bits per heavy atom. The summed E-state index contributed by atoms with van der Waals surface area (Å²) in [7, 11) is 0. The molecule has 0 saturated carbocycles. The zero-order valence-electron chi connectivity index (χ0n) is 13.8. The van der Waals surface area contributed by atoms with E-state index in [1.54, 1.807) is 0 Å². The lowest BCUT2D eigenvalue weighted by Crippen LogP contribution is -2.87. The number of ketones is 4. The van der Waals surface area contributed by atoms with Gasteiger partial charge in [0.2, 0.25) is 17.5 Å². The molecule has 1 saturated heterocycles. The van der Waals surface area contributed by atoms with Gasteiger partial charge in [0.05, 0.1) is 0 Å². The fourth-order valence-corrected chi connectivity index (χ4v) is 3.37. The van der Waals surface area contributed by atoms with Gasteiger partial charge < -0.3 is 25.2 Å². The minimum atomic E-state index is -3.48. The maximum absolute atomic E-state index is 12.2. The monoisotopic (exact) mass is 426 g/mol. The van der Waals surface area contributed by atoms with E-state index in [1.165, 1.54) is 0 Å². The van der Waals surface area contributed by atoms with Gasteiger partial charge in [0.25, 0.3) is 0 Å². The number of Topliss-reactive ketones (excluding diaryl/α,β-unsaturated/α-hetero) is 4. The van der Waals surface area contributed by atoms with E-state index in [0.29, 0.717) is 6.92 Å². The van der Waals surface area contributed by atoms with Crippen LogP contribution in [-0.4, -0.2) is 78.9 Å². The first kappa shape index (κ1) is 22.0. The summed E-state index contributed by atoms with van der Waals surface area (Å²) < 4.78 is 9.67. The van der Waals surface area contributed by atoms with Crippen molar-refractivity contribution in [2.75, 3.05) is 0 Å². The van der Waals surface area contributed by atoms with E-state index in [2.05, 4.69) is 20.1 Å². The third-order valence-electron chi connectivity index (χ3n) is 4.49. The van der Waals surface area contributed by atoms with Crippen LogP contribution in [0.25, 0.3) is 0 Å². The first-order valence-electron chi connectivity index (χ1n) is 7.06. The van der Waals surface area contributed by atoms with Crippen molar-refractivity contribution in [1.82, 2.24) is 0 Å². The average molecular weight is 427 g/mol. The van der Waals surface area contributed by atoms with Gasteiger partial charge >= 0.3 is 0 Å². The van der Waals surface area contributed by atoms with Crippen molar-refractivity contribution >= 4 is 39.4 Å². The van der Waals surface area contributed by atoms with Crippen LogP contribution >= 0.6 is 16.3 Å². The molecular weight excluding hydrogens is 408 g/mol. The lowest BCUT2D eigenvalue weighted by atomic mass is 9.60. The van der Waals surface area contributed by atoms with Crippen molar-refractivity contribution in [2.45, 2.75) is 63.0 Å². The highest BCUT2D eigenvalue weighted by Crippen LogP contribution is 2.48. The van der Waals surface area contributed by atoms with Crippen LogP contribution in [0.15, 0.2) is 0 Å². The first-order valence-corrected chi connectivity index (χ1v) is 7.70. The molecular formula is C14H19BrO10. The number of hydrogen-bond acceptors (Lipinski definition) is 10. The predicted molar refractivity (Wildman–Crippen MR) is 82.3 cm³/mol. The third kappa shape index (κ3) is 2.70. The lowest BCUT2D eigenvalue weighted by Gasteiger charge is -2.57. The Bertz CT molecular complexity index is 621. The molecule has 0 amide bonds. The zero-order valence-corrected chi connectivity index (χ0v) is 15.4. The van der Waals surface area contributed by atoms with E-state index in [0.717, 1.165) is 20.8 Å². The van der Waals surface area contributed by atoms with Crippen LogP contribution in [0, 0.1) is 0 Å². The maximum Gasteiger partial charge on any atom is 0.214 e. The number of carbonyl (C=O) groups excluding carboxylic acids is 4. The SMILES string of the molecule is CC(=O)C(O)[C@H]1O[C@H](OBr)[C@@](O)(C(C)=O)[C@](O)(C(C)=O)[C@]1(O)C(C)=O. The van der Waals surface area contributed by atoms with Gasteiger partial charge in [-0.3, -0.25) is 23.0 Å². The van der Waals surface area contributed by atoms with Crippen LogP contribution in [0.2, 0.25) is 0 Å². The molecule has 11 heteroatoms. The molecule has 0 aromatic rings. The van der Waals surface area contributed by atoms with E-state index < -0.39 is 58.4 Å². The highest BCUT2D eigenvalue weighted by molar-refractivity contribution is 9.06. The highest BCUT2D eigenvalue weighted by atomic mass is 79.9. The molecule has 1 aliphatic rings. The Hall–Kier alpha value is -1.08. The van der Waals surface area contributed by atoms with Crippen LogP contribution in [0.1, 0.15) is 27.7 Å². The second kappa shape index (κ2) is 6.91. The summed E-state index contributed by atoms with van der Waals surface area (Å²) in [4.78, 5) is 47.9. The van der Waals surface area contributed by atoms with Crippen molar-refractivity contribution < 1.29 is 48.2 Å². The van der Waals surface area contributed by atoms with E-state index in [-0.39, 0.29) is 0 Å². The Balaban J connectivity index is 3.91. The van der Waals surface area contributed by atoms with Crippen molar-refractivity contribution in [2.24, 2.45) is 0 Å². The van der Waals surface area contributed by atoms with E-state index in [4.69, 9.17) is 4.74 Å². The molecule has 1 aliphatic heterocycles. The van der Waals surface area contributed by atoms with Crippen molar-refractivity contribution in [1.29, 1.82) is 0 Å². The standard InChI is InChI=1S/C14H19BrO10/c1-5(16)9(20)10-12(21,6(2)17)14(23,8(4)19)13(22,7(3)18)11(24-10)25-15/h9-11,20-23H,1-4H3/t9?,10-,11-,12+,13+,14+/m1/s1. The highest BCUT2D eigenvalue weighted by Gasteiger charge is 2.79. The molecule has 0 aliphatic carbocycles. The van der Waals surface area contributed by atoms with Crippen LogP contribution in [0.5, 0.6) is 0 Å². The van der Waals surface area contributed by atoms with Crippen molar-refractivity contribution in [3.05, 3.63) is 0 Å². The number of aliphatic hydroxyl groups excluding tert-OH is 1. The third-order valence-corrected chi connectivity index (χ3v) is 4.83. The quantitative estimate of drug-likeness (QED) is 0.370. The second-order valence-corrected chi connectivity index (χ2v) is 6.32. The Morgan fingerprint density at radius 3 is 1.68 bits per heavy atom. The molecule has 10 nitrogen and oxygen atoms in total. The molecule has 4 N–H and O–H groups in total. The van der Waals surface area contributed by atoms with Gasteiger partial charge in [-0.25, -0.2) is 0 Å². The molecule has 0 radical (unpaired) electrons. The molecule has 6 atom stereocenters. The fraction of sp³-hybridized carbons (Fsp3) is 0.714. The zero-order chi connectivity index (χ0) is 20.0. The summed E-state index contributed by atoms with van der Waals surface area (Å²) in [6.07, 6.45) is -6.53. The van der Waals surface area contributed by atoms with Crippen LogP contribution in [0.3, 0.4) is 0 Å². The summed E-state index contributed by atoms with van der Waals surface area (Å²) in [5.74, 6) is -4.97. The summed E-state index contributed by atoms with van der Waals surface area (Å²) in [5, 5.41) is 42.6. The number of aliphatic hydroxyl groups is 4. The smallest absolute Gasteiger partial charge is 0.214 e. The van der Waals surface area contributed by atoms with Crippen LogP contribution < -0.4 is 0 Å². The van der Waals surface area contributed by atoms with E-state index in [1.807, 2.05) is 0 Å². The minimum absolute atomic E-state index is 0.704. The molecule has 0 spiro atoms. The first-order chi connectivity index (χ1) is 11.2. The Kier molecular flexibility index (Phi) is 6.07. The predicted octanol–water partition coefficient (Wildman–Crippen LogP) is -2.05. The van der Waals surface area contributed by atoms with E-state index >= 15 is 0 Å². The van der Waals surface area contributed by atoms with E-state index in [9.17, 15) is 39.6 Å². The Morgan fingerprint density at radius 1 is 0.960 bits per heavy atom. The average Bonchev–Trinajstić information content (AvgIpc) is 2.51. The number of carbonyl (C=O) groups is 4. The summed E-state index contributed by atoms with van der Waals surface area (Å²) in [6, 6.07) is 0. The molecule has 0 bridgehead atoms. The second-order valence-electron chi connectivity index (χ2n) is 5.94. The normalized spacial score (nSPS) is 39.6. The van der Waals surface area contributed by atoms with Crippen LogP contribution in [0.4, 0.5) is 0 Å². The molecule has 1 unspecified atom stereocenters. The number of rotatable bonds is 6. The molecule has 0 aromatic carbocycles. The van der Waals surface area contributed by atoms with Crippen molar-refractivity contribution in [3.63, 3.8) is 0 Å². The topological polar surface area (TPSA) is 168 Å². The summed E-state index contributed by atoms with van der Waals surface area (Å²) in [6.45, 7) is 3.10. The summed E-state index contributed by atoms with van der Waals surface area (Å²) in [5.41, 5.74) is -10.0. The van der Waals surface area contributed by atoms with Gasteiger partial charge in [0.15, 0.2) is 28.7 Å². The Labute approximate surface area is 151 Å². The number of halogens is 1. The van der Waals surface area contributed by atoms with Gasteiger partial charge in [0, 0.05) is 0 Å². The molecule has 142 valence electrons. The molecule has 1 fully saturated rings. The van der Waals surface area contributed by atoms with Crippen LogP contribution in [-0.2, 0) is 27.7 Å². The van der Waals surface area contributed by atoms with Gasteiger partial charge in [-0.1, -0.05) is 0 Å². The minimum Gasteiger partial charge on any atom is -0.382 e. The van der Waals surface area contributed by atoms with Gasteiger partial charge in [-0.15, -0.1) is 0 Å². The summed E-state index contributed by atoms with van der Waals surface area (Å²) >= 11 is 2.45. The molecule has 1 rings (SSSR count).